The predicted octanol–water partition coefficient (Wildman–Crippen LogP) is 2.80. The number of nitriles is 1. The van der Waals surface area contributed by atoms with Crippen molar-refractivity contribution in [2.24, 2.45) is 0 Å². The summed E-state index contributed by atoms with van der Waals surface area (Å²) in [5.74, 6) is 1.62. The third-order valence-electron chi connectivity index (χ3n) is 2.59. The zero-order valence-corrected chi connectivity index (χ0v) is 10.7. The molecule has 5 heteroatoms. The Morgan fingerprint density at radius 3 is 2.94 bits per heavy atom. The van der Waals surface area contributed by atoms with E-state index in [9.17, 15) is 0 Å². The van der Waals surface area contributed by atoms with E-state index in [1.807, 2.05) is 23.8 Å². The molecule has 2 rings (SSSR count). The molecule has 4 nitrogen and oxygen atoms in total. The van der Waals surface area contributed by atoms with Gasteiger partial charge in [-0.1, -0.05) is 11.6 Å². The lowest BCUT2D eigenvalue weighted by atomic mass is 10.2. The molecule has 0 N–H and O–H groups in total. The first kappa shape index (κ1) is 12.5. The highest BCUT2D eigenvalue weighted by Gasteiger charge is 2.02. The minimum absolute atomic E-state index is 0.411. The van der Waals surface area contributed by atoms with E-state index in [1.54, 1.807) is 24.4 Å². The lowest BCUT2D eigenvalue weighted by molar-refractivity contribution is 0.297. The molecule has 0 saturated heterocycles. The quantitative estimate of drug-likeness (QED) is 0.850. The number of benzene rings is 1. The second-order valence-corrected chi connectivity index (χ2v) is 4.18. The van der Waals surface area contributed by atoms with Crippen molar-refractivity contribution in [2.75, 3.05) is 6.61 Å². The fourth-order valence-corrected chi connectivity index (χ4v) is 1.79. The lowest BCUT2D eigenvalue weighted by Gasteiger charge is -2.08. The molecule has 0 fully saturated rings. The molecule has 92 valence electrons. The van der Waals surface area contributed by atoms with Gasteiger partial charge >= 0.3 is 0 Å². The van der Waals surface area contributed by atoms with Crippen LogP contribution in [0.3, 0.4) is 0 Å². The third kappa shape index (κ3) is 2.82. The molecule has 0 unspecified atom stereocenters. The van der Waals surface area contributed by atoms with E-state index in [2.05, 4.69) is 4.98 Å². The first-order chi connectivity index (χ1) is 8.70. The van der Waals surface area contributed by atoms with Crippen LogP contribution in [0, 0.1) is 18.3 Å². The smallest absolute Gasteiger partial charge is 0.120 e. The van der Waals surface area contributed by atoms with Crippen molar-refractivity contribution in [1.29, 1.82) is 5.26 Å². The van der Waals surface area contributed by atoms with Gasteiger partial charge in [0, 0.05) is 18.5 Å². The summed E-state index contributed by atoms with van der Waals surface area (Å²) >= 11 is 5.92. The highest BCUT2D eigenvalue weighted by molar-refractivity contribution is 6.31. The first-order valence-corrected chi connectivity index (χ1v) is 5.88. The summed E-state index contributed by atoms with van der Waals surface area (Å²) in [6, 6.07) is 7.06. The van der Waals surface area contributed by atoms with E-state index in [4.69, 9.17) is 21.6 Å². The molecule has 1 heterocycles. The molecule has 2 aromatic rings. The zero-order chi connectivity index (χ0) is 13.0. The lowest BCUT2D eigenvalue weighted by Crippen LogP contribution is -2.08. The van der Waals surface area contributed by atoms with Gasteiger partial charge in [-0.15, -0.1) is 0 Å². The van der Waals surface area contributed by atoms with Gasteiger partial charge in [0.15, 0.2) is 0 Å². The van der Waals surface area contributed by atoms with Crippen molar-refractivity contribution in [1.82, 2.24) is 9.55 Å². The maximum Gasteiger partial charge on any atom is 0.120 e. The highest BCUT2D eigenvalue weighted by Crippen LogP contribution is 2.21. The van der Waals surface area contributed by atoms with E-state index in [1.165, 1.54) is 0 Å². The summed E-state index contributed by atoms with van der Waals surface area (Å²) in [6.07, 6.45) is 3.67. The minimum atomic E-state index is 0.411. The Labute approximate surface area is 110 Å². The molecule has 0 aliphatic heterocycles. The number of nitrogens with zero attached hydrogens (tertiary/aromatic N) is 3. The number of hydrogen-bond donors (Lipinski definition) is 0. The van der Waals surface area contributed by atoms with Gasteiger partial charge in [0.2, 0.25) is 0 Å². The maximum atomic E-state index is 8.76. The number of hydrogen-bond acceptors (Lipinski definition) is 3. The Morgan fingerprint density at radius 2 is 2.33 bits per heavy atom. The molecular weight excluding hydrogens is 250 g/mol. The number of aromatic nitrogens is 2. The minimum Gasteiger partial charge on any atom is -0.492 e. The summed E-state index contributed by atoms with van der Waals surface area (Å²) in [4.78, 5) is 4.13. The third-order valence-corrected chi connectivity index (χ3v) is 2.90. The average molecular weight is 262 g/mol. The van der Waals surface area contributed by atoms with Crippen LogP contribution in [0.25, 0.3) is 0 Å². The summed E-state index contributed by atoms with van der Waals surface area (Å²) in [6.45, 7) is 3.20. The van der Waals surface area contributed by atoms with Crippen molar-refractivity contribution < 1.29 is 4.74 Å². The van der Waals surface area contributed by atoms with Crippen molar-refractivity contribution >= 4 is 11.6 Å². The first-order valence-electron chi connectivity index (χ1n) is 5.51. The van der Waals surface area contributed by atoms with Crippen LogP contribution in [-0.4, -0.2) is 16.2 Å². The van der Waals surface area contributed by atoms with Gasteiger partial charge in [0.05, 0.1) is 17.1 Å². The fourth-order valence-electron chi connectivity index (χ4n) is 1.58. The SMILES string of the molecule is Cc1nccn1CCOc1ccc(C#N)c(Cl)c1. The molecule has 0 saturated carbocycles. The van der Waals surface area contributed by atoms with Crippen LogP contribution in [0.1, 0.15) is 11.4 Å². The van der Waals surface area contributed by atoms with Crippen LogP contribution in [0.2, 0.25) is 5.02 Å². The molecular formula is C13H12ClN3O. The number of halogens is 1. The van der Waals surface area contributed by atoms with Gasteiger partial charge < -0.3 is 9.30 Å². The van der Waals surface area contributed by atoms with Crippen LogP contribution < -0.4 is 4.74 Å². The molecule has 1 aromatic heterocycles. The van der Waals surface area contributed by atoms with E-state index in [0.717, 1.165) is 12.4 Å². The monoisotopic (exact) mass is 261 g/mol. The van der Waals surface area contributed by atoms with Crippen LogP contribution >= 0.6 is 11.6 Å². The Morgan fingerprint density at radius 1 is 1.50 bits per heavy atom. The molecule has 0 atom stereocenters. The predicted molar refractivity (Wildman–Crippen MR) is 68.6 cm³/mol. The number of imidazole rings is 1. The second kappa shape index (κ2) is 5.56. The average Bonchev–Trinajstić information content (AvgIpc) is 2.75. The number of aryl methyl sites for hydroxylation is 1. The Hall–Kier alpha value is -1.99. The Bertz CT molecular complexity index is 586. The van der Waals surface area contributed by atoms with Gasteiger partial charge in [0.25, 0.3) is 0 Å². The topological polar surface area (TPSA) is 50.8 Å². The number of ether oxygens (including phenoxy) is 1. The van der Waals surface area contributed by atoms with Crippen molar-refractivity contribution in [3.8, 4) is 11.8 Å². The van der Waals surface area contributed by atoms with E-state index in [-0.39, 0.29) is 0 Å². The fraction of sp³-hybridized carbons (Fsp3) is 0.231. The second-order valence-electron chi connectivity index (χ2n) is 3.77. The van der Waals surface area contributed by atoms with E-state index >= 15 is 0 Å². The van der Waals surface area contributed by atoms with Gasteiger partial charge in [-0.25, -0.2) is 4.98 Å². The van der Waals surface area contributed by atoms with Crippen LogP contribution in [0.15, 0.2) is 30.6 Å². The molecule has 18 heavy (non-hydrogen) atoms. The highest BCUT2D eigenvalue weighted by atomic mass is 35.5. The maximum absolute atomic E-state index is 8.76. The standard InChI is InChI=1S/C13H12ClN3O/c1-10-16-4-5-17(10)6-7-18-12-3-2-11(9-15)13(14)8-12/h2-5,8H,6-7H2,1H3. The van der Waals surface area contributed by atoms with Gasteiger partial charge in [-0.3, -0.25) is 0 Å². The van der Waals surface area contributed by atoms with Gasteiger partial charge in [-0.05, 0) is 19.1 Å². The molecule has 1 aromatic carbocycles. The summed E-state index contributed by atoms with van der Waals surface area (Å²) in [5.41, 5.74) is 0.453. The van der Waals surface area contributed by atoms with Gasteiger partial charge in [0.1, 0.15) is 24.3 Å². The Balaban J connectivity index is 1.93. The van der Waals surface area contributed by atoms with E-state index < -0.39 is 0 Å². The molecule has 0 amide bonds. The molecule has 0 bridgehead atoms. The molecule has 0 aliphatic rings. The normalized spacial score (nSPS) is 10.1. The largest absolute Gasteiger partial charge is 0.492 e. The van der Waals surface area contributed by atoms with Crippen molar-refractivity contribution in [2.45, 2.75) is 13.5 Å². The van der Waals surface area contributed by atoms with Gasteiger partial charge in [-0.2, -0.15) is 5.26 Å². The number of rotatable bonds is 4. The zero-order valence-electron chi connectivity index (χ0n) is 9.93. The van der Waals surface area contributed by atoms with E-state index in [0.29, 0.717) is 22.9 Å². The molecule has 0 radical (unpaired) electrons. The summed E-state index contributed by atoms with van der Waals surface area (Å²) in [7, 11) is 0. The van der Waals surface area contributed by atoms with Crippen LogP contribution in [-0.2, 0) is 6.54 Å². The van der Waals surface area contributed by atoms with Crippen molar-refractivity contribution in [3.05, 3.63) is 47.0 Å². The van der Waals surface area contributed by atoms with Crippen LogP contribution in [0.5, 0.6) is 5.75 Å². The molecule has 0 spiro atoms. The Kier molecular flexibility index (Phi) is 3.85. The summed E-state index contributed by atoms with van der Waals surface area (Å²) < 4.78 is 7.58. The van der Waals surface area contributed by atoms with Crippen molar-refractivity contribution in [3.63, 3.8) is 0 Å². The molecule has 0 aliphatic carbocycles. The summed E-state index contributed by atoms with van der Waals surface area (Å²) in [5, 5.41) is 9.17. The van der Waals surface area contributed by atoms with Crippen LogP contribution in [0.4, 0.5) is 0 Å².